The van der Waals surface area contributed by atoms with E-state index in [1.807, 2.05) is 107 Å². The second kappa shape index (κ2) is 22.7. The van der Waals surface area contributed by atoms with E-state index in [1.165, 1.54) is 0 Å². The predicted molar refractivity (Wildman–Crippen MR) is 211 cm³/mol. The van der Waals surface area contributed by atoms with Crippen molar-refractivity contribution in [3.05, 3.63) is 83.9 Å². The van der Waals surface area contributed by atoms with Crippen molar-refractivity contribution in [1.29, 1.82) is 0 Å². The van der Waals surface area contributed by atoms with Gasteiger partial charge in [-0.3, -0.25) is 19.2 Å². The molecule has 0 fully saturated rings. The highest BCUT2D eigenvalue weighted by molar-refractivity contribution is 5.93. The molecule has 3 aromatic carbocycles. The van der Waals surface area contributed by atoms with E-state index in [9.17, 15) is 29.4 Å². The number of carbonyl (C=O) groups is 4. The number of nitrogens with one attached hydrogen (secondary N) is 4. The van der Waals surface area contributed by atoms with Gasteiger partial charge in [-0.15, -0.1) is 0 Å². The summed E-state index contributed by atoms with van der Waals surface area (Å²) in [6, 6.07) is 20.7. The standard InChI is InChI=1S/C43H62N4O6/c1-6-8-23-35(42(52)47-36(25-29(3)4)39(49)27-41(51)45-38(28-48)30(5)7-2)46-43(53)37(26-33-21-15-20-32-19-12-13-22-34(32)33)44-40(50)24-14-18-31-16-10-9-11-17-31/h9-13,15-17,19-22,29-30,35-39,48-49H,6-8,14,18,23-28H2,1-5H3,(H,44,50)(H,45,51)(H,46,53)(H,47,52)/t30-,35-,36-,37-,38+,39-/m0/s1. The van der Waals surface area contributed by atoms with Crippen LogP contribution in [0.4, 0.5) is 0 Å². The molecule has 0 saturated heterocycles. The fourth-order valence-corrected chi connectivity index (χ4v) is 6.57. The van der Waals surface area contributed by atoms with Gasteiger partial charge in [0.25, 0.3) is 0 Å². The summed E-state index contributed by atoms with van der Waals surface area (Å²) in [7, 11) is 0. The third kappa shape index (κ3) is 14.6. The zero-order chi connectivity index (χ0) is 38.8. The molecular formula is C43H62N4O6. The first-order valence-corrected chi connectivity index (χ1v) is 19.4. The quantitative estimate of drug-likeness (QED) is 0.0771. The molecule has 0 unspecified atom stereocenters. The van der Waals surface area contributed by atoms with Gasteiger partial charge in [0.15, 0.2) is 0 Å². The number of aliphatic hydroxyl groups is 2. The van der Waals surface area contributed by atoms with Gasteiger partial charge in [0.1, 0.15) is 12.1 Å². The van der Waals surface area contributed by atoms with E-state index in [1.54, 1.807) is 0 Å². The summed E-state index contributed by atoms with van der Waals surface area (Å²) in [6.07, 6.45) is 3.38. The van der Waals surface area contributed by atoms with Crippen LogP contribution < -0.4 is 21.3 Å². The molecule has 0 saturated carbocycles. The van der Waals surface area contributed by atoms with Crippen molar-refractivity contribution in [2.75, 3.05) is 6.61 Å². The monoisotopic (exact) mass is 730 g/mol. The van der Waals surface area contributed by atoms with E-state index in [0.29, 0.717) is 25.7 Å². The smallest absolute Gasteiger partial charge is 0.243 e. The molecule has 4 amide bonds. The lowest BCUT2D eigenvalue weighted by Crippen LogP contribution is -2.57. The maximum Gasteiger partial charge on any atom is 0.243 e. The Hall–Kier alpha value is -4.28. The number of hydrogen-bond acceptors (Lipinski definition) is 6. The highest BCUT2D eigenvalue weighted by atomic mass is 16.3. The molecule has 3 rings (SSSR count). The number of carbonyl (C=O) groups excluding carboxylic acids is 4. The van der Waals surface area contributed by atoms with Gasteiger partial charge >= 0.3 is 0 Å². The van der Waals surface area contributed by atoms with Gasteiger partial charge in [-0.25, -0.2) is 0 Å². The molecule has 10 nitrogen and oxygen atoms in total. The van der Waals surface area contributed by atoms with E-state index in [-0.39, 0.29) is 43.6 Å². The molecule has 290 valence electrons. The van der Waals surface area contributed by atoms with Crippen molar-refractivity contribution in [1.82, 2.24) is 21.3 Å². The van der Waals surface area contributed by atoms with Crippen LogP contribution in [0.3, 0.4) is 0 Å². The van der Waals surface area contributed by atoms with Gasteiger partial charge in [-0.2, -0.15) is 0 Å². The zero-order valence-corrected chi connectivity index (χ0v) is 32.3. The molecule has 53 heavy (non-hydrogen) atoms. The molecule has 0 radical (unpaired) electrons. The minimum absolute atomic E-state index is 0.0544. The Morgan fingerprint density at radius 1 is 0.717 bits per heavy atom. The normalized spacial score (nSPS) is 14.8. The number of amides is 4. The highest BCUT2D eigenvalue weighted by Crippen LogP contribution is 2.21. The predicted octanol–water partition coefficient (Wildman–Crippen LogP) is 5.37. The Labute approximate surface area is 315 Å². The number of fused-ring (bicyclic) bond motifs is 1. The molecule has 0 heterocycles. The van der Waals surface area contributed by atoms with E-state index in [0.717, 1.165) is 41.2 Å². The lowest BCUT2D eigenvalue weighted by Gasteiger charge is -2.29. The van der Waals surface area contributed by atoms with Gasteiger partial charge in [-0.05, 0) is 59.4 Å². The first-order chi connectivity index (χ1) is 25.4. The van der Waals surface area contributed by atoms with Crippen molar-refractivity contribution >= 4 is 34.4 Å². The summed E-state index contributed by atoms with van der Waals surface area (Å²) in [5.41, 5.74) is 2.04. The third-order valence-electron chi connectivity index (χ3n) is 9.93. The lowest BCUT2D eigenvalue weighted by atomic mass is 9.95. The van der Waals surface area contributed by atoms with E-state index >= 15 is 0 Å². The molecule has 0 spiro atoms. The summed E-state index contributed by atoms with van der Waals surface area (Å²) in [5.74, 6) is -1.43. The largest absolute Gasteiger partial charge is 0.394 e. The molecule has 0 aromatic heterocycles. The molecule has 10 heteroatoms. The van der Waals surface area contributed by atoms with Crippen LogP contribution in [-0.4, -0.2) is 70.7 Å². The van der Waals surface area contributed by atoms with Crippen molar-refractivity contribution in [3.8, 4) is 0 Å². The summed E-state index contributed by atoms with van der Waals surface area (Å²) in [5, 5.41) is 34.7. The summed E-state index contributed by atoms with van der Waals surface area (Å²) in [6.45, 7) is 9.63. The SMILES string of the molecule is CCCC[C@H](NC(=O)[C@H](Cc1cccc2ccccc12)NC(=O)CCCc1ccccc1)C(=O)N[C@@H](CC(C)C)[C@@H](O)CC(=O)N[C@H](CO)[C@@H](C)CC. The number of aryl methyl sites for hydroxylation is 1. The lowest BCUT2D eigenvalue weighted by molar-refractivity contribution is -0.133. The van der Waals surface area contributed by atoms with Gasteiger partial charge in [0.2, 0.25) is 23.6 Å². The van der Waals surface area contributed by atoms with Crippen LogP contribution in [0.5, 0.6) is 0 Å². The maximum atomic E-state index is 14.1. The molecular weight excluding hydrogens is 668 g/mol. The Morgan fingerprint density at radius 2 is 1.40 bits per heavy atom. The summed E-state index contributed by atoms with van der Waals surface area (Å²) in [4.78, 5) is 54.2. The van der Waals surface area contributed by atoms with Crippen LogP contribution in [0.1, 0.15) is 97.1 Å². The van der Waals surface area contributed by atoms with Crippen LogP contribution in [0.2, 0.25) is 0 Å². The molecule has 0 aliphatic carbocycles. The Bertz CT molecular complexity index is 1580. The van der Waals surface area contributed by atoms with Crippen molar-refractivity contribution in [3.63, 3.8) is 0 Å². The molecule has 6 atom stereocenters. The zero-order valence-electron chi connectivity index (χ0n) is 32.3. The van der Waals surface area contributed by atoms with Gasteiger partial charge in [0, 0.05) is 12.8 Å². The molecule has 0 aliphatic heterocycles. The average Bonchev–Trinajstić information content (AvgIpc) is 3.14. The number of rotatable bonds is 23. The number of aliphatic hydroxyl groups excluding tert-OH is 2. The fourth-order valence-electron chi connectivity index (χ4n) is 6.57. The van der Waals surface area contributed by atoms with Gasteiger partial charge in [-0.1, -0.05) is 127 Å². The first-order valence-electron chi connectivity index (χ1n) is 19.4. The molecule has 0 aliphatic rings. The maximum absolute atomic E-state index is 14.1. The third-order valence-corrected chi connectivity index (χ3v) is 9.93. The Morgan fingerprint density at radius 3 is 2.08 bits per heavy atom. The topological polar surface area (TPSA) is 157 Å². The molecule has 0 bridgehead atoms. The van der Waals surface area contributed by atoms with Crippen LogP contribution in [0.25, 0.3) is 10.8 Å². The van der Waals surface area contributed by atoms with Crippen molar-refractivity contribution in [2.24, 2.45) is 11.8 Å². The summed E-state index contributed by atoms with van der Waals surface area (Å²) >= 11 is 0. The molecule has 6 N–H and O–H groups in total. The first kappa shape index (κ1) is 43.1. The minimum atomic E-state index is -1.19. The fraction of sp³-hybridized carbons (Fsp3) is 0.535. The average molecular weight is 731 g/mol. The minimum Gasteiger partial charge on any atom is -0.394 e. The van der Waals surface area contributed by atoms with Crippen LogP contribution in [-0.2, 0) is 32.0 Å². The summed E-state index contributed by atoms with van der Waals surface area (Å²) < 4.78 is 0. The van der Waals surface area contributed by atoms with Crippen molar-refractivity contribution in [2.45, 2.75) is 129 Å². The van der Waals surface area contributed by atoms with Crippen LogP contribution in [0.15, 0.2) is 72.8 Å². The second-order valence-corrected chi connectivity index (χ2v) is 14.8. The number of unbranched alkanes of at least 4 members (excludes halogenated alkanes) is 1. The van der Waals surface area contributed by atoms with Crippen LogP contribution in [0, 0.1) is 11.8 Å². The van der Waals surface area contributed by atoms with Gasteiger partial charge < -0.3 is 31.5 Å². The molecule has 3 aromatic rings. The Balaban J connectivity index is 1.78. The number of benzene rings is 3. The second-order valence-electron chi connectivity index (χ2n) is 14.8. The highest BCUT2D eigenvalue weighted by Gasteiger charge is 2.31. The van der Waals surface area contributed by atoms with E-state index in [4.69, 9.17) is 0 Å². The Kier molecular flexibility index (Phi) is 18.5. The van der Waals surface area contributed by atoms with Crippen molar-refractivity contribution < 1.29 is 29.4 Å². The van der Waals surface area contributed by atoms with E-state index in [2.05, 4.69) is 21.3 Å². The van der Waals surface area contributed by atoms with Gasteiger partial charge in [0.05, 0.1) is 31.2 Å². The number of hydrogen-bond donors (Lipinski definition) is 6. The van der Waals surface area contributed by atoms with E-state index < -0.39 is 48.0 Å². The van der Waals surface area contributed by atoms with Crippen LogP contribution >= 0.6 is 0 Å².